The minimum Gasteiger partial charge on any atom is -0.490 e. The van der Waals surface area contributed by atoms with Crippen LogP contribution in [0.3, 0.4) is 0 Å². The molecule has 4 rings (SSSR count). The number of aromatic nitrogens is 2. The van der Waals surface area contributed by atoms with Crippen molar-refractivity contribution < 1.29 is 22.6 Å². The molecule has 192 valence electrons. The minimum absolute atomic E-state index is 0.00371. The van der Waals surface area contributed by atoms with Gasteiger partial charge in [0.1, 0.15) is 0 Å². The molecule has 0 amide bonds. The number of alkyl halides is 3. The van der Waals surface area contributed by atoms with E-state index < -0.39 is 17.3 Å². The molecule has 6 nitrogen and oxygen atoms in total. The van der Waals surface area contributed by atoms with Gasteiger partial charge in [-0.05, 0) is 68.3 Å². The van der Waals surface area contributed by atoms with Crippen molar-refractivity contribution in [3.8, 4) is 22.9 Å². The average molecular weight is 510 g/mol. The Balaban J connectivity index is 1.83. The Morgan fingerprint density at radius 3 is 2.54 bits per heavy atom. The molecule has 3 aromatic carbocycles. The van der Waals surface area contributed by atoms with Crippen LogP contribution in [-0.2, 0) is 6.18 Å². The Kier molecular flexibility index (Phi) is 7.61. The van der Waals surface area contributed by atoms with Crippen LogP contribution in [0.2, 0.25) is 0 Å². The predicted octanol–water partition coefficient (Wildman–Crippen LogP) is 6.54. The number of hydrogen-bond donors (Lipinski definition) is 0. The number of fused-ring (bicyclic) bond motifs is 1. The van der Waals surface area contributed by atoms with Crippen LogP contribution in [0.25, 0.3) is 22.3 Å². The van der Waals surface area contributed by atoms with Gasteiger partial charge in [-0.25, -0.2) is 4.98 Å². The Morgan fingerprint density at radius 2 is 1.81 bits per heavy atom. The zero-order valence-corrected chi connectivity index (χ0v) is 20.6. The molecule has 0 bridgehead atoms. The summed E-state index contributed by atoms with van der Waals surface area (Å²) in [6.07, 6.45) is -2.29. The van der Waals surface area contributed by atoms with E-state index in [0.717, 1.165) is 23.2 Å². The summed E-state index contributed by atoms with van der Waals surface area (Å²) in [5.41, 5.74) is -0.272. The normalized spacial score (nSPS) is 12.7. The topological polar surface area (TPSA) is 65.7 Å². The van der Waals surface area contributed by atoms with Gasteiger partial charge in [-0.15, -0.1) is 0 Å². The van der Waals surface area contributed by atoms with Gasteiger partial charge in [-0.2, -0.15) is 22.9 Å². The summed E-state index contributed by atoms with van der Waals surface area (Å²) in [6, 6.07) is 16.5. The van der Waals surface area contributed by atoms with Crippen molar-refractivity contribution in [2.24, 2.45) is 5.10 Å². The zero-order valence-electron chi connectivity index (χ0n) is 20.6. The fraction of sp³-hybridized carbons (Fsp3) is 0.250. The molecule has 0 aliphatic rings. The molecule has 1 atom stereocenters. The lowest BCUT2D eigenvalue weighted by Crippen LogP contribution is -2.20. The first-order valence-electron chi connectivity index (χ1n) is 11.9. The Morgan fingerprint density at radius 1 is 1.03 bits per heavy atom. The fourth-order valence-corrected chi connectivity index (χ4v) is 3.65. The highest BCUT2D eigenvalue weighted by molar-refractivity contribution is 5.82. The summed E-state index contributed by atoms with van der Waals surface area (Å²) in [5.74, 6) is 1.10. The number of halogens is 3. The van der Waals surface area contributed by atoms with Crippen LogP contribution in [-0.4, -0.2) is 28.6 Å². The van der Waals surface area contributed by atoms with Gasteiger partial charge in [0.05, 0.1) is 35.4 Å². The van der Waals surface area contributed by atoms with E-state index in [-0.39, 0.29) is 17.5 Å². The van der Waals surface area contributed by atoms with E-state index >= 15 is 0 Å². The quantitative estimate of drug-likeness (QED) is 0.253. The van der Waals surface area contributed by atoms with E-state index in [1.54, 1.807) is 42.5 Å². The van der Waals surface area contributed by atoms with Gasteiger partial charge in [0.25, 0.3) is 5.56 Å². The molecular weight excluding hydrogens is 483 g/mol. The molecule has 37 heavy (non-hydrogen) atoms. The molecule has 0 saturated heterocycles. The van der Waals surface area contributed by atoms with Crippen LogP contribution in [0.1, 0.15) is 38.3 Å². The SMILES string of the molecule is CCOc1cc(C=Nn2c(-c3cccc(C(F)(F)F)c3)nc3ccccc3c2=O)ccc1O[C@H](C)CC. The maximum Gasteiger partial charge on any atom is 0.416 e. The van der Waals surface area contributed by atoms with Gasteiger partial charge in [0.15, 0.2) is 17.3 Å². The fourth-order valence-electron chi connectivity index (χ4n) is 3.65. The highest BCUT2D eigenvalue weighted by atomic mass is 19.4. The number of nitrogens with zero attached hydrogens (tertiary/aromatic N) is 3. The van der Waals surface area contributed by atoms with Gasteiger partial charge in [0, 0.05) is 5.56 Å². The molecule has 0 unspecified atom stereocenters. The van der Waals surface area contributed by atoms with E-state index in [2.05, 4.69) is 10.1 Å². The first-order valence-corrected chi connectivity index (χ1v) is 11.9. The summed E-state index contributed by atoms with van der Waals surface area (Å²) in [7, 11) is 0. The van der Waals surface area contributed by atoms with Crippen molar-refractivity contribution in [1.82, 2.24) is 9.66 Å². The molecule has 0 N–H and O–H groups in total. The lowest BCUT2D eigenvalue weighted by Gasteiger charge is -2.16. The van der Waals surface area contributed by atoms with Gasteiger partial charge >= 0.3 is 6.18 Å². The predicted molar refractivity (Wildman–Crippen MR) is 137 cm³/mol. The Hall–Kier alpha value is -4.14. The summed E-state index contributed by atoms with van der Waals surface area (Å²) in [4.78, 5) is 17.8. The largest absolute Gasteiger partial charge is 0.490 e. The van der Waals surface area contributed by atoms with Crippen molar-refractivity contribution in [3.63, 3.8) is 0 Å². The number of para-hydroxylation sites is 1. The van der Waals surface area contributed by atoms with Crippen molar-refractivity contribution in [2.45, 2.75) is 39.5 Å². The van der Waals surface area contributed by atoms with E-state index in [1.807, 2.05) is 20.8 Å². The second kappa shape index (κ2) is 10.9. The third-order valence-corrected chi connectivity index (χ3v) is 5.69. The molecule has 0 saturated carbocycles. The lowest BCUT2D eigenvalue weighted by molar-refractivity contribution is -0.137. The maximum atomic E-state index is 13.4. The highest BCUT2D eigenvalue weighted by Gasteiger charge is 2.31. The van der Waals surface area contributed by atoms with Crippen LogP contribution >= 0.6 is 0 Å². The summed E-state index contributed by atoms with van der Waals surface area (Å²) < 4.78 is 52.8. The second-order valence-corrected chi connectivity index (χ2v) is 8.37. The van der Waals surface area contributed by atoms with Crippen molar-refractivity contribution in [3.05, 3.63) is 88.2 Å². The lowest BCUT2D eigenvalue weighted by atomic mass is 10.1. The summed E-state index contributed by atoms with van der Waals surface area (Å²) >= 11 is 0. The molecular formula is C28H26F3N3O3. The van der Waals surface area contributed by atoms with E-state index in [0.29, 0.717) is 34.6 Å². The molecule has 9 heteroatoms. The Labute approximate surface area is 212 Å². The standard InChI is InChI=1S/C28H26F3N3O3/c1-4-18(3)37-24-14-13-19(15-25(24)36-5-2)17-32-34-26(20-9-8-10-21(16-20)28(29,30)31)33-23-12-7-6-11-22(23)27(34)35/h6-18H,4-5H2,1-3H3/t18-/m1/s1. The van der Waals surface area contributed by atoms with Crippen LogP contribution in [0.5, 0.6) is 11.5 Å². The number of ether oxygens (including phenoxy) is 2. The summed E-state index contributed by atoms with van der Waals surface area (Å²) in [6.45, 7) is 6.25. The number of rotatable bonds is 8. The first kappa shape index (κ1) is 25.9. The molecule has 4 aromatic rings. The summed E-state index contributed by atoms with van der Waals surface area (Å²) in [5, 5.41) is 4.64. The van der Waals surface area contributed by atoms with E-state index in [4.69, 9.17) is 9.47 Å². The Bertz CT molecular complexity index is 1500. The third-order valence-electron chi connectivity index (χ3n) is 5.69. The molecule has 0 aliphatic carbocycles. The molecule has 0 aliphatic heterocycles. The van der Waals surface area contributed by atoms with Crippen LogP contribution in [0.4, 0.5) is 13.2 Å². The van der Waals surface area contributed by atoms with E-state index in [9.17, 15) is 18.0 Å². The molecule has 0 fully saturated rings. The van der Waals surface area contributed by atoms with Gasteiger partial charge < -0.3 is 9.47 Å². The number of hydrogen-bond acceptors (Lipinski definition) is 5. The van der Waals surface area contributed by atoms with Crippen molar-refractivity contribution in [2.75, 3.05) is 6.61 Å². The van der Waals surface area contributed by atoms with Crippen LogP contribution in [0, 0.1) is 0 Å². The zero-order chi connectivity index (χ0) is 26.6. The second-order valence-electron chi connectivity index (χ2n) is 8.37. The van der Waals surface area contributed by atoms with Crippen molar-refractivity contribution >= 4 is 17.1 Å². The van der Waals surface area contributed by atoms with Crippen LogP contribution in [0.15, 0.2) is 76.6 Å². The monoisotopic (exact) mass is 509 g/mol. The minimum atomic E-state index is -4.55. The van der Waals surface area contributed by atoms with Gasteiger partial charge in [-0.3, -0.25) is 4.79 Å². The number of benzene rings is 3. The maximum absolute atomic E-state index is 13.4. The first-order chi connectivity index (χ1) is 17.7. The molecule has 1 aromatic heterocycles. The van der Waals surface area contributed by atoms with E-state index in [1.165, 1.54) is 18.3 Å². The van der Waals surface area contributed by atoms with Gasteiger partial charge in [0.2, 0.25) is 0 Å². The van der Waals surface area contributed by atoms with Crippen LogP contribution < -0.4 is 15.0 Å². The van der Waals surface area contributed by atoms with Gasteiger partial charge in [-0.1, -0.05) is 31.2 Å². The molecule has 0 spiro atoms. The molecule has 1 heterocycles. The average Bonchev–Trinajstić information content (AvgIpc) is 2.89. The molecule has 0 radical (unpaired) electrons. The third kappa shape index (κ3) is 5.82. The van der Waals surface area contributed by atoms with Crippen molar-refractivity contribution in [1.29, 1.82) is 0 Å². The smallest absolute Gasteiger partial charge is 0.416 e. The highest BCUT2D eigenvalue weighted by Crippen LogP contribution is 2.32.